The highest BCUT2D eigenvalue weighted by molar-refractivity contribution is 5.79. The summed E-state index contributed by atoms with van der Waals surface area (Å²) in [5, 5.41) is 0. The van der Waals surface area contributed by atoms with Gasteiger partial charge in [-0.2, -0.15) is 0 Å². The molecular formula is C24H28N2O. The molecule has 2 aliphatic rings. The van der Waals surface area contributed by atoms with Crippen molar-refractivity contribution in [3.63, 3.8) is 0 Å². The Morgan fingerprint density at radius 3 is 2.67 bits per heavy atom. The third-order valence-corrected chi connectivity index (χ3v) is 5.94. The van der Waals surface area contributed by atoms with Gasteiger partial charge in [0.1, 0.15) is 0 Å². The summed E-state index contributed by atoms with van der Waals surface area (Å²) in [6.45, 7) is 1.47. The van der Waals surface area contributed by atoms with Crippen LogP contribution in [0.4, 0.5) is 0 Å². The number of rotatable bonds is 5. The normalized spacial score (nSPS) is 21.5. The predicted octanol–water partition coefficient (Wildman–Crippen LogP) is 4.57. The van der Waals surface area contributed by atoms with Crippen LogP contribution in [0.3, 0.4) is 0 Å². The summed E-state index contributed by atoms with van der Waals surface area (Å²) in [5.74, 6) is 0.978. The first-order chi connectivity index (χ1) is 13.3. The smallest absolute Gasteiger partial charge is 0.226 e. The van der Waals surface area contributed by atoms with Crippen LogP contribution in [-0.4, -0.2) is 22.3 Å². The van der Waals surface area contributed by atoms with Crippen LogP contribution in [0.25, 0.3) is 0 Å². The molecule has 2 aliphatic carbocycles. The van der Waals surface area contributed by atoms with Crippen molar-refractivity contribution in [3.05, 3.63) is 77.6 Å². The number of aryl methyl sites for hydroxylation is 1. The molecule has 1 amide bonds. The van der Waals surface area contributed by atoms with Crippen LogP contribution < -0.4 is 0 Å². The van der Waals surface area contributed by atoms with Crippen LogP contribution in [0, 0.1) is 11.8 Å². The molecule has 3 heteroatoms. The molecule has 0 radical (unpaired) electrons. The summed E-state index contributed by atoms with van der Waals surface area (Å²) in [7, 11) is 0. The molecule has 1 heterocycles. The van der Waals surface area contributed by atoms with Gasteiger partial charge in [0.25, 0.3) is 0 Å². The van der Waals surface area contributed by atoms with Crippen molar-refractivity contribution >= 4 is 5.91 Å². The fraction of sp³-hybridized carbons (Fsp3) is 0.417. The predicted molar refractivity (Wildman–Crippen MR) is 108 cm³/mol. The number of aromatic nitrogens is 1. The van der Waals surface area contributed by atoms with Gasteiger partial charge >= 0.3 is 0 Å². The number of pyridine rings is 1. The van der Waals surface area contributed by atoms with Gasteiger partial charge in [0.2, 0.25) is 5.91 Å². The van der Waals surface area contributed by atoms with Gasteiger partial charge in [0.05, 0.1) is 12.2 Å². The lowest BCUT2D eigenvalue weighted by Gasteiger charge is -2.33. The highest BCUT2D eigenvalue weighted by atomic mass is 16.2. The van der Waals surface area contributed by atoms with E-state index in [0.717, 1.165) is 44.3 Å². The van der Waals surface area contributed by atoms with Crippen LogP contribution in [-0.2, 0) is 24.2 Å². The lowest BCUT2D eigenvalue weighted by molar-refractivity contribution is -0.137. The lowest BCUT2D eigenvalue weighted by atomic mass is 9.83. The molecule has 0 saturated heterocycles. The summed E-state index contributed by atoms with van der Waals surface area (Å²) in [4.78, 5) is 20.0. The SMILES string of the molecule is O=C([C@@H]1CCc2ccccc2C1)N(Cc1ccccn1)C[C@H]1CC=CCC1. The van der Waals surface area contributed by atoms with E-state index in [-0.39, 0.29) is 5.92 Å². The van der Waals surface area contributed by atoms with E-state index in [0.29, 0.717) is 18.4 Å². The zero-order chi connectivity index (χ0) is 18.5. The van der Waals surface area contributed by atoms with Crippen LogP contribution in [0.2, 0.25) is 0 Å². The Labute approximate surface area is 162 Å². The molecule has 1 aromatic heterocycles. The molecule has 0 saturated carbocycles. The Hall–Kier alpha value is -2.42. The minimum atomic E-state index is 0.0998. The van der Waals surface area contributed by atoms with Crippen molar-refractivity contribution in [1.29, 1.82) is 0 Å². The highest BCUT2D eigenvalue weighted by Crippen LogP contribution is 2.28. The van der Waals surface area contributed by atoms with E-state index in [2.05, 4.69) is 46.3 Å². The van der Waals surface area contributed by atoms with Crippen molar-refractivity contribution in [2.75, 3.05) is 6.54 Å². The second-order valence-corrected chi connectivity index (χ2v) is 7.90. The van der Waals surface area contributed by atoms with Crippen LogP contribution in [0.5, 0.6) is 0 Å². The maximum Gasteiger partial charge on any atom is 0.226 e. The quantitative estimate of drug-likeness (QED) is 0.732. The molecule has 0 N–H and O–H groups in total. The molecular weight excluding hydrogens is 332 g/mol. The first-order valence-electron chi connectivity index (χ1n) is 10.2. The zero-order valence-electron chi connectivity index (χ0n) is 15.9. The van der Waals surface area contributed by atoms with E-state index in [4.69, 9.17) is 0 Å². The van der Waals surface area contributed by atoms with E-state index in [1.54, 1.807) is 0 Å². The summed E-state index contributed by atoms with van der Waals surface area (Å²) >= 11 is 0. The molecule has 0 aliphatic heterocycles. The Balaban J connectivity index is 1.50. The minimum Gasteiger partial charge on any atom is -0.336 e. The standard InChI is InChI=1S/C24H28N2O/c27-24(22-14-13-20-10-4-5-11-21(20)16-22)26(17-19-8-2-1-3-9-19)18-23-12-6-7-15-25-23/h1-2,4-7,10-12,15,19,22H,3,8-9,13-14,16-18H2/t19-,22+/m0/s1. The van der Waals surface area contributed by atoms with Crippen LogP contribution >= 0.6 is 0 Å². The molecule has 2 aromatic rings. The molecule has 0 bridgehead atoms. The Bertz CT molecular complexity index is 799. The van der Waals surface area contributed by atoms with Crippen LogP contribution in [0.1, 0.15) is 42.5 Å². The van der Waals surface area contributed by atoms with Gasteiger partial charge in [0.15, 0.2) is 0 Å². The van der Waals surface area contributed by atoms with E-state index < -0.39 is 0 Å². The Morgan fingerprint density at radius 2 is 1.89 bits per heavy atom. The highest BCUT2D eigenvalue weighted by Gasteiger charge is 2.29. The molecule has 4 rings (SSSR count). The molecule has 140 valence electrons. The second kappa shape index (κ2) is 8.51. The molecule has 27 heavy (non-hydrogen) atoms. The fourth-order valence-corrected chi connectivity index (χ4v) is 4.42. The van der Waals surface area contributed by atoms with Crippen molar-refractivity contribution in [2.24, 2.45) is 11.8 Å². The second-order valence-electron chi connectivity index (χ2n) is 7.90. The molecule has 1 aromatic carbocycles. The number of nitrogens with zero attached hydrogens (tertiary/aromatic N) is 2. The molecule has 0 spiro atoms. The number of fused-ring (bicyclic) bond motifs is 1. The van der Waals surface area contributed by atoms with Crippen LogP contribution in [0.15, 0.2) is 60.8 Å². The number of amides is 1. The Morgan fingerprint density at radius 1 is 1.04 bits per heavy atom. The van der Waals surface area contributed by atoms with Crippen molar-refractivity contribution in [3.8, 4) is 0 Å². The van der Waals surface area contributed by atoms with E-state index >= 15 is 0 Å². The number of benzene rings is 1. The van der Waals surface area contributed by atoms with Gasteiger partial charge in [-0.25, -0.2) is 0 Å². The molecule has 0 fully saturated rings. The van der Waals surface area contributed by atoms with E-state index in [1.807, 2.05) is 24.4 Å². The largest absolute Gasteiger partial charge is 0.336 e. The summed E-state index contributed by atoms with van der Waals surface area (Å²) < 4.78 is 0. The van der Waals surface area contributed by atoms with Crippen molar-refractivity contribution < 1.29 is 4.79 Å². The van der Waals surface area contributed by atoms with Gasteiger partial charge in [-0.05, 0) is 67.7 Å². The van der Waals surface area contributed by atoms with E-state index in [9.17, 15) is 4.79 Å². The Kier molecular flexibility index (Phi) is 5.66. The van der Waals surface area contributed by atoms with Gasteiger partial charge in [-0.15, -0.1) is 0 Å². The summed E-state index contributed by atoms with van der Waals surface area (Å²) in [5.41, 5.74) is 3.74. The maximum absolute atomic E-state index is 13.5. The van der Waals surface area contributed by atoms with Gasteiger partial charge in [-0.1, -0.05) is 42.5 Å². The van der Waals surface area contributed by atoms with Crippen molar-refractivity contribution in [1.82, 2.24) is 9.88 Å². The molecule has 0 unspecified atom stereocenters. The summed E-state index contributed by atoms with van der Waals surface area (Å²) in [6, 6.07) is 14.5. The maximum atomic E-state index is 13.5. The zero-order valence-corrected chi connectivity index (χ0v) is 15.9. The topological polar surface area (TPSA) is 33.2 Å². The van der Waals surface area contributed by atoms with E-state index in [1.165, 1.54) is 17.5 Å². The fourth-order valence-electron chi connectivity index (χ4n) is 4.42. The molecule has 3 nitrogen and oxygen atoms in total. The van der Waals surface area contributed by atoms with Gasteiger partial charge in [-0.3, -0.25) is 9.78 Å². The summed E-state index contributed by atoms with van der Waals surface area (Å²) in [6.07, 6.45) is 12.6. The number of hydrogen-bond donors (Lipinski definition) is 0. The number of allylic oxidation sites excluding steroid dienone is 2. The number of hydrogen-bond acceptors (Lipinski definition) is 2. The average Bonchev–Trinajstić information content (AvgIpc) is 2.74. The monoisotopic (exact) mass is 360 g/mol. The first-order valence-corrected chi connectivity index (χ1v) is 10.2. The van der Waals surface area contributed by atoms with Gasteiger partial charge < -0.3 is 4.90 Å². The third-order valence-electron chi connectivity index (χ3n) is 5.94. The first kappa shape index (κ1) is 18.0. The third kappa shape index (κ3) is 4.47. The minimum absolute atomic E-state index is 0.0998. The van der Waals surface area contributed by atoms with Gasteiger partial charge in [0, 0.05) is 18.7 Å². The lowest BCUT2D eigenvalue weighted by Crippen LogP contribution is -2.41. The number of carbonyl (C=O) groups excluding carboxylic acids is 1. The average molecular weight is 361 g/mol. The van der Waals surface area contributed by atoms with Crippen molar-refractivity contribution in [2.45, 2.75) is 45.1 Å². The number of carbonyl (C=O) groups is 1. The molecule has 2 atom stereocenters.